The molecule has 0 fully saturated rings. The molecule has 0 saturated heterocycles. The summed E-state index contributed by atoms with van der Waals surface area (Å²) in [6.45, 7) is 0.479. The molecule has 0 atom stereocenters. The van der Waals surface area contributed by atoms with E-state index in [1.807, 2.05) is 49.3 Å². The molecule has 2 aromatic carbocycles. The SMILES string of the molecule is COc1ccccc1C=CC=C1Oc2c(ccc(O)c2CN(C)C)C1=O. The van der Waals surface area contributed by atoms with E-state index in [1.54, 1.807) is 25.3 Å². The lowest BCUT2D eigenvalue weighted by molar-refractivity contribution is 0.101. The molecule has 2 aromatic rings. The molecular weight excluding hydrogens is 330 g/mol. The molecule has 5 nitrogen and oxygen atoms in total. The molecule has 0 aliphatic carbocycles. The molecule has 0 unspecified atom stereocenters. The molecule has 0 spiro atoms. The van der Waals surface area contributed by atoms with Crippen LogP contribution in [0.5, 0.6) is 17.2 Å². The Morgan fingerprint density at radius 3 is 2.69 bits per heavy atom. The first-order valence-corrected chi connectivity index (χ1v) is 8.24. The Hall–Kier alpha value is -3.05. The van der Waals surface area contributed by atoms with Crippen molar-refractivity contribution >= 4 is 11.9 Å². The number of hydrogen-bond acceptors (Lipinski definition) is 5. The van der Waals surface area contributed by atoms with Crippen molar-refractivity contribution in [3.63, 3.8) is 0 Å². The topological polar surface area (TPSA) is 59.0 Å². The van der Waals surface area contributed by atoms with Gasteiger partial charge in [0.05, 0.1) is 18.2 Å². The van der Waals surface area contributed by atoms with Gasteiger partial charge in [-0.1, -0.05) is 30.4 Å². The zero-order valence-corrected chi connectivity index (χ0v) is 15.0. The van der Waals surface area contributed by atoms with Crippen LogP contribution in [0, 0.1) is 0 Å². The predicted molar refractivity (Wildman–Crippen MR) is 101 cm³/mol. The van der Waals surface area contributed by atoms with Crippen LogP contribution in [0.15, 0.2) is 54.3 Å². The highest BCUT2D eigenvalue weighted by Gasteiger charge is 2.30. The minimum absolute atomic E-state index is 0.121. The van der Waals surface area contributed by atoms with Gasteiger partial charge < -0.3 is 19.5 Å². The average Bonchev–Trinajstić information content (AvgIpc) is 2.94. The second-order valence-corrected chi connectivity index (χ2v) is 6.24. The zero-order chi connectivity index (χ0) is 18.7. The quantitative estimate of drug-likeness (QED) is 0.834. The summed E-state index contributed by atoms with van der Waals surface area (Å²) in [6, 6.07) is 10.7. The van der Waals surface area contributed by atoms with Gasteiger partial charge in [0, 0.05) is 12.1 Å². The number of Topliss-reactive ketones (excluding diaryl/α,β-unsaturated/α-hetero) is 1. The van der Waals surface area contributed by atoms with Crippen LogP contribution < -0.4 is 9.47 Å². The normalized spacial score (nSPS) is 14.9. The van der Waals surface area contributed by atoms with E-state index >= 15 is 0 Å². The van der Waals surface area contributed by atoms with Crippen molar-refractivity contribution in [1.29, 1.82) is 0 Å². The number of rotatable bonds is 5. The first-order valence-electron chi connectivity index (χ1n) is 8.24. The van der Waals surface area contributed by atoms with Crippen LogP contribution in [-0.2, 0) is 6.54 Å². The summed E-state index contributed by atoms with van der Waals surface area (Å²) in [5, 5.41) is 10.1. The highest BCUT2D eigenvalue weighted by molar-refractivity contribution is 6.12. The average molecular weight is 351 g/mol. The van der Waals surface area contributed by atoms with Crippen LogP contribution >= 0.6 is 0 Å². The number of carbonyl (C=O) groups excluding carboxylic acids is 1. The van der Waals surface area contributed by atoms with Crippen LogP contribution in [0.4, 0.5) is 0 Å². The monoisotopic (exact) mass is 351 g/mol. The number of hydrogen-bond donors (Lipinski definition) is 1. The second kappa shape index (κ2) is 7.45. The Kier molecular flexibility index (Phi) is 5.09. The number of phenols is 1. The molecule has 0 amide bonds. The van der Waals surface area contributed by atoms with Crippen molar-refractivity contribution in [3.8, 4) is 17.2 Å². The lowest BCUT2D eigenvalue weighted by Crippen LogP contribution is -2.11. The maximum absolute atomic E-state index is 12.6. The summed E-state index contributed by atoms with van der Waals surface area (Å²) in [4.78, 5) is 14.5. The summed E-state index contributed by atoms with van der Waals surface area (Å²) in [6.07, 6.45) is 5.23. The Labute approximate surface area is 152 Å². The van der Waals surface area contributed by atoms with E-state index < -0.39 is 0 Å². The number of methoxy groups -OCH3 is 1. The molecule has 1 aliphatic rings. The predicted octanol–water partition coefficient (Wildman–Crippen LogP) is 3.63. The molecule has 1 N–H and O–H groups in total. The number of allylic oxidation sites excluding steroid dienone is 3. The van der Waals surface area contributed by atoms with Gasteiger partial charge in [-0.25, -0.2) is 0 Å². The van der Waals surface area contributed by atoms with Crippen molar-refractivity contribution in [3.05, 3.63) is 71.0 Å². The molecule has 1 heterocycles. The number of ether oxygens (including phenoxy) is 2. The fourth-order valence-corrected chi connectivity index (χ4v) is 2.82. The van der Waals surface area contributed by atoms with E-state index in [0.717, 1.165) is 11.3 Å². The number of para-hydroxylation sites is 1. The van der Waals surface area contributed by atoms with Crippen molar-refractivity contribution < 1.29 is 19.4 Å². The van der Waals surface area contributed by atoms with Gasteiger partial charge in [0.2, 0.25) is 5.78 Å². The maximum atomic E-state index is 12.6. The minimum Gasteiger partial charge on any atom is -0.507 e. The first-order chi connectivity index (χ1) is 12.5. The largest absolute Gasteiger partial charge is 0.507 e. The Bertz CT molecular complexity index is 897. The van der Waals surface area contributed by atoms with Crippen LogP contribution in [-0.4, -0.2) is 37.0 Å². The van der Waals surface area contributed by atoms with Crippen LogP contribution in [0.3, 0.4) is 0 Å². The summed E-state index contributed by atoms with van der Waals surface area (Å²) in [5.41, 5.74) is 1.98. The molecule has 0 radical (unpaired) electrons. The summed E-state index contributed by atoms with van der Waals surface area (Å²) < 4.78 is 11.1. The third-order valence-corrected chi connectivity index (χ3v) is 4.05. The Morgan fingerprint density at radius 2 is 1.96 bits per heavy atom. The summed E-state index contributed by atoms with van der Waals surface area (Å²) in [5.74, 6) is 1.35. The minimum atomic E-state index is -0.190. The number of nitrogens with zero attached hydrogens (tertiary/aromatic N) is 1. The van der Waals surface area contributed by atoms with Gasteiger partial charge in [0.15, 0.2) is 5.76 Å². The fraction of sp³-hybridized carbons (Fsp3) is 0.190. The number of carbonyl (C=O) groups is 1. The first kappa shape index (κ1) is 17.8. The molecule has 0 saturated carbocycles. The van der Waals surface area contributed by atoms with Crippen molar-refractivity contribution in [2.75, 3.05) is 21.2 Å². The number of phenolic OH excluding ortho intramolecular Hbond substituents is 1. The Balaban J connectivity index is 1.88. The smallest absolute Gasteiger partial charge is 0.231 e. The zero-order valence-electron chi connectivity index (χ0n) is 15.0. The molecule has 1 aliphatic heterocycles. The standard InChI is InChI=1S/C21H21NO4/c1-22(2)13-16-17(23)12-11-15-20(24)19(26-21(15)16)10-6-8-14-7-4-5-9-18(14)25-3/h4-12,23H,13H2,1-3H3. The summed E-state index contributed by atoms with van der Waals surface area (Å²) >= 11 is 0. The molecule has 0 aromatic heterocycles. The number of ketones is 1. The molecule has 0 bridgehead atoms. The van der Waals surface area contributed by atoms with E-state index in [0.29, 0.717) is 23.4 Å². The van der Waals surface area contributed by atoms with Crippen LogP contribution in [0.25, 0.3) is 6.08 Å². The molecule has 3 rings (SSSR count). The highest BCUT2D eigenvalue weighted by Crippen LogP contribution is 2.39. The lowest BCUT2D eigenvalue weighted by atomic mass is 10.0. The van der Waals surface area contributed by atoms with Crippen LogP contribution in [0.2, 0.25) is 0 Å². The van der Waals surface area contributed by atoms with Gasteiger partial charge in [-0.2, -0.15) is 0 Å². The second-order valence-electron chi connectivity index (χ2n) is 6.24. The number of fused-ring (bicyclic) bond motifs is 1. The van der Waals surface area contributed by atoms with Gasteiger partial charge in [0.1, 0.15) is 17.2 Å². The van der Waals surface area contributed by atoms with E-state index in [4.69, 9.17) is 9.47 Å². The maximum Gasteiger partial charge on any atom is 0.231 e. The van der Waals surface area contributed by atoms with E-state index in [2.05, 4.69) is 0 Å². The lowest BCUT2D eigenvalue weighted by Gasteiger charge is -2.13. The fourth-order valence-electron chi connectivity index (χ4n) is 2.82. The van der Waals surface area contributed by atoms with E-state index in [1.165, 1.54) is 6.07 Å². The third-order valence-electron chi connectivity index (χ3n) is 4.05. The van der Waals surface area contributed by atoms with Gasteiger partial charge in [-0.05, 0) is 38.4 Å². The van der Waals surface area contributed by atoms with E-state index in [-0.39, 0.29) is 17.3 Å². The van der Waals surface area contributed by atoms with Crippen LogP contribution in [0.1, 0.15) is 21.5 Å². The van der Waals surface area contributed by atoms with Gasteiger partial charge in [0.25, 0.3) is 0 Å². The van der Waals surface area contributed by atoms with Gasteiger partial charge >= 0.3 is 0 Å². The number of aromatic hydroxyl groups is 1. The third kappa shape index (κ3) is 3.48. The molecule has 5 heteroatoms. The van der Waals surface area contributed by atoms with E-state index in [9.17, 15) is 9.90 Å². The Morgan fingerprint density at radius 1 is 1.19 bits per heavy atom. The van der Waals surface area contributed by atoms with Gasteiger partial charge in [-0.3, -0.25) is 4.79 Å². The highest BCUT2D eigenvalue weighted by atomic mass is 16.5. The van der Waals surface area contributed by atoms with Gasteiger partial charge in [-0.15, -0.1) is 0 Å². The van der Waals surface area contributed by atoms with Crippen molar-refractivity contribution in [1.82, 2.24) is 4.90 Å². The molecule has 26 heavy (non-hydrogen) atoms. The molecular formula is C21H21NO4. The summed E-state index contributed by atoms with van der Waals surface area (Å²) in [7, 11) is 5.40. The van der Waals surface area contributed by atoms with Crippen molar-refractivity contribution in [2.24, 2.45) is 0 Å². The number of benzene rings is 2. The van der Waals surface area contributed by atoms with Crippen molar-refractivity contribution in [2.45, 2.75) is 6.54 Å². The molecule has 134 valence electrons.